The van der Waals surface area contributed by atoms with Crippen molar-refractivity contribution in [1.82, 2.24) is 4.72 Å². The molecule has 0 saturated heterocycles. The summed E-state index contributed by atoms with van der Waals surface area (Å²) < 4.78 is 27.5. The van der Waals surface area contributed by atoms with E-state index in [2.05, 4.69) is 4.72 Å². The number of hydrogen-bond donors (Lipinski definition) is 2. The number of carbonyl (C=O) groups is 1. The molecule has 6 nitrogen and oxygen atoms in total. The zero-order valence-electron chi connectivity index (χ0n) is 13.9. The van der Waals surface area contributed by atoms with Gasteiger partial charge in [-0.1, -0.05) is 0 Å². The molecular formula is C16H24ClN3O3S. The van der Waals surface area contributed by atoms with Crippen LogP contribution < -0.4 is 15.4 Å². The number of sulfonamides is 1. The van der Waals surface area contributed by atoms with E-state index >= 15 is 0 Å². The van der Waals surface area contributed by atoms with Gasteiger partial charge in [-0.25, -0.2) is 13.1 Å². The second kappa shape index (κ2) is 7.00. The molecule has 1 aromatic rings. The monoisotopic (exact) mass is 373 g/mol. The summed E-state index contributed by atoms with van der Waals surface area (Å²) in [5.74, 6) is 0.420. The molecule has 3 N–H and O–H groups in total. The molecule has 0 bridgehead atoms. The van der Waals surface area contributed by atoms with Gasteiger partial charge in [0.25, 0.3) is 0 Å². The molecule has 2 atom stereocenters. The van der Waals surface area contributed by atoms with Gasteiger partial charge < -0.3 is 10.6 Å². The molecule has 1 amide bonds. The van der Waals surface area contributed by atoms with Gasteiger partial charge in [0.05, 0.1) is 4.90 Å². The van der Waals surface area contributed by atoms with E-state index in [1.165, 1.54) is 6.92 Å². The molecule has 8 heteroatoms. The van der Waals surface area contributed by atoms with Gasteiger partial charge in [0.2, 0.25) is 15.9 Å². The lowest BCUT2D eigenvalue weighted by molar-refractivity contribution is -0.116. The van der Waals surface area contributed by atoms with Crippen LogP contribution in [0.2, 0.25) is 0 Å². The van der Waals surface area contributed by atoms with E-state index in [0.29, 0.717) is 12.3 Å². The Balaban J connectivity index is 0.00000208. The molecule has 2 unspecified atom stereocenters. The molecule has 1 fully saturated rings. The number of nitrogens with zero attached hydrogens (tertiary/aromatic N) is 1. The van der Waals surface area contributed by atoms with E-state index in [9.17, 15) is 13.2 Å². The van der Waals surface area contributed by atoms with Crippen LogP contribution in [0.15, 0.2) is 23.1 Å². The normalized spacial score (nSPS) is 21.1. The molecule has 24 heavy (non-hydrogen) atoms. The predicted molar refractivity (Wildman–Crippen MR) is 95.9 cm³/mol. The van der Waals surface area contributed by atoms with Crippen molar-refractivity contribution in [3.63, 3.8) is 0 Å². The van der Waals surface area contributed by atoms with Gasteiger partial charge in [0, 0.05) is 31.2 Å². The van der Waals surface area contributed by atoms with Crippen LogP contribution in [0.4, 0.5) is 5.69 Å². The first kappa shape index (κ1) is 19.2. The maximum atomic E-state index is 12.4. The SMILES string of the molecule is CC(=O)N1c2ccc(S(=O)(=O)NCC(N)C3CC3)cc2CC1C.Cl. The number of benzene rings is 1. The third-order valence-electron chi connectivity index (χ3n) is 4.65. The van der Waals surface area contributed by atoms with Gasteiger partial charge in [-0.2, -0.15) is 0 Å². The Kier molecular flexibility index (Phi) is 5.59. The van der Waals surface area contributed by atoms with E-state index in [0.717, 1.165) is 24.1 Å². The van der Waals surface area contributed by atoms with Crippen LogP contribution in [0.25, 0.3) is 0 Å². The van der Waals surface area contributed by atoms with Crippen LogP contribution in [0, 0.1) is 5.92 Å². The second-order valence-corrected chi connectivity index (χ2v) is 8.35. The number of anilines is 1. The molecule has 1 aromatic carbocycles. The summed E-state index contributed by atoms with van der Waals surface area (Å²) in [4.78, 5) is 13.7. The molecule has 0 aromatic heterocycles. The summed E-state index contributed by atoms with van der Waals surface area (Å²) in [7, 11) is -3.57. The zero-order chi connectivity index (χ0) is 16.8. The first-order valence-corrected chi connectivity index (χ1v) is 9.46. The van der Waals surface area contributed by atoms with Crippen molar-refractivity contribution in [2.75, 3.05) is 11.4 Å². The minimum Gasteiger partial charge on any atom is -0.326 e. The highest BCUT2D eigenvalue weighted by molar-refractivity contribution is 7.89. The Hall–Kier alpha value is -1.15. The third kappa shape index (κ3) is 3.74. The van der Waals surface area contributed by atoms with E-state index in [-0.39, 0.29) is 41.8 Å². The number of nitrogens with one attached hydrogen (secondary N) is 1. The van der Waals surface area contributed by atoms with Crippen molar-refractivity contribution >= 4 is 34.0 Å². The van der Waals surface area contributed by atoms with Gasteiger partial charge in [-0.15, -0.1) is 12.4 Å². The highest BCUT2D eigenvalue weighted by Gasteiger charge is 2.31. The van der Waals surface area contributed by atoms with Crippen molar-refractivity contribution in [2.45, 2.75) is 50.1 Å². The Morgan fingerprint density at radius 1 is 1.42 bits per heavy atom. The molecule has 3 rings (SSSR count). The first-order valence-electron chi connectivity index (χ1n) is 7.97. The molecule has 1 heterocycles. The zero-order valence-corrected chi connectivity index (χ0v) is 15.5. The van der Waals surface area contributed by atoms with E-state index in [4.69, 9.17) is 5.73 Å². The first-order chi connectivity index (χ1) is 10.8. The quantitative estimate of drug-likeness (QED) is 0.816. The molecular weight excluding hydrogens is 350 g/mol. The summed E-state index contributed by atoms with van der Waals surface area (Å²) in [6.45, 7) is 3.75. The topological polar surface area (TPSA) is 92.5 Å². The van der Waals surface area contributed by atoms with E-state index in [1.807, 2.05) is 6.92 Å². The average molecular weight is 374 g/mol. The third-order valence-corrected chi connectivity index (χ3v) is 6.07. The maximum Gasteiger partial charge on any atom is 0.240 e. The average Bonchev–Trinajstić information content (AvgIpc) is 3.26. The van der Waals surface area contributed by atoms with Gasteiger partial charge in [-0.05, 0) is 55.9 Å². The van der Waals surface area contributed by atoms with E-state index in [1.54, 1.807) is 23.1 Å². The standard InChI is InChI=1S/C16H23N3O3S.ClH/c1-10-7-13-8-14(5-6-16(13)19(10)11(2)20)23(21,22)18-9-15(17)12-3-4-12;/h5-6,8,10,12,15,18H,3-4,7,9,17H2,1-2H3;1H. The van der Waals surface area contributed by atoms with Crippen molar-refractivity contribution in [1.29, 1.82) is 0 Å². The lowest BCUT2D eigenvalue weighted by Crippen LogP contribution is -2.38. The summed E-state index contributed by atoms with van der Waals surface area (Å²) in [6.07, 6.45) is 2.83. The second-order valence-electron chi connectivity index (χ2n) is 6.59. The fourth-order valence-electron chi connectivity index (χ4n) is 3.23. The molecule has 0 radical (unpaired) electrons. The minimum absolute atomic E-state index is 0. The summed E-state index contributed by atoms with van der Waals surface area (Å²) in [5.41, 5.74) is 7.65. The van der Waals surface area contributed by atoms with Crippen molar-refractivity contribution < 1.29 is 13.2 Å². The van der Waals surface area contributed by atoms with Gasteiger partial charge in [0.1, 0.15) is 0 Å². The molecule has 1 saturated carbocycles. The minimum atomic E-state index is -3.57. The smallest absolute Gasteiger partial charge is 0.240 e. The van der Waals surface area contributed by atoms with Gasteiger partial charge in [0.15, 0.2) is 0 Å². The summed E-state index contributed by atoms with van der Waals surface area (Å²) in [5, 5.41) is 0. The van der Waals surface area contributed by atoms with E-state index < -0.39 is 10.0 Å². The van der Waals surface area contributed by atoms with Crippen LogP contribution in [-0.4, -0.2) is 33.0 Å². The number of rotatable bonds is 5. The lowest BCUT2D eigenvalue weighted by atomic mass is 10.1. The van der Waals surface area contributed by atoms with Gasteiger partial charge >= 0.3 is 0 Å². The molecule has 134 valence electrons. The Bertz CT molecular complexity index is 734. The highest BCUT2D eigenvalue weighted by Crippen LogP contribution is 2.34. The Morgan fingerprint density at radius 2 is 2.08 bits per heavy atom. The summed E-state index contributed by atoms with van der Waals surface area (Å²) in [6, 6.07) is 4.87. The fraction of sp³-hybridized carbons (Fsp3) is 0.562. The molecule has 0 spiro atoms. The van der Waals surface area contributed by atoms with Crippen molar-refractivity contribution in [3.8, 4) is 0 Å². The molecule has 1 aliphatic carbocycles. The number of amides is 1. The number of nitrogens with two attached hydrogens (primary N) is 1. The highest BCUT2D eigenvalue weighted by atomic mass is 35.5. The van der Waals surface area contributed by atoms with Crippen molar-refractivity contribution in [3.05, 3.63) is 23.8 Å². The largest absolute Gasteiger partial charge is 0.326 e. The molecule has 2 aliphatic rings. The molecule has 1 aliphatic heterocycles. The number of carbonyl (C=O) groups excluding carboxylic acids is 1. The van der Waals surface area contributed by atoms with Crippen molar-refractivity contribution in [2.24, 2.45) is 11.7 Å². The predicted octanol–water partition coefficient (Wildman–Crippen LogP) is 1.42. The van der Waals surface area contributed by atoms with Crippen LogP contribution >= 0.6 is 12.4 Å². The lowest BCUT2D eigenvalue weighted by Gasteiger charge is -2.20. The Labute approximate surface area is 149 Å². The number of fused-ring (bicyclic) bond motifs is 1. The van der Waals surface area contributed by atoms with Gasteiger partial charge in [-0.3, -0.25) is 4.79 Å². The maximum absolute atomic E-state index is 12.4. The Morgan fingerprint density at radius 3 is 2.67 bits per heavy atom. The van der Waals surface area contributed by atoms with Crippen LogP contribution in [0.1, 0.15) is 32.3 Å². The number of halogens is 1. The fourth-order valence-corrected chi connectivity index (χ4v) is 4.36. The van der Waals surface area contributed by atoms with Crippen LogP contribution in [-0.2, 0) is 21.2 Å². The number of hydrogen-bond acceptors (Lipinski definition) is 4. The van der Waals surface area contributed by atoms with Crippen LogP contribution in [0.3, 0.4) is 0 Å². The van der Waals surface area contributed by atoms with Crippen LogP contribution in [0.5, 0.6) is 0 Å². The summed E-state index contributed by atoms with van der Waals surface area (Å²) >= 11 is 0.